The van der Waals surface area contributed by atoms with Crippen LogP contribution in [0.15, 0.2) is 23.1 Å². The summed E-state index contributed by atoms with van der Waals surface area (Å²) >= 11 is 1.48. The molecular formula is C14H17FN2O2S. The molecule has 1 aliphatic heterocycles. The SMILES string of the molecule is CC(=O)NCCC(=O)NC1CCSc2c(F)cccc21. The Morgan fingerprint density at radius 2 is 2.25 bits per heavy atom. The van der Waals surface area contributed by atoms with Gasteiger partial charge in [0.2, 0.25) is 11.8 Å². The van der Waals surface area contributed by atoms with Crippen molar-refractivity contribution in [1.82, 2.24) is 10.6 Å². The van der Waals surface area contributed by atoms with Crippen molar-refractivity contribution >= 4 is 23.6 Å². The molecule has 108 valence electrons. The van der Waals surface area contributed by atoms with E-state index in [1.54, 1.807) is 6.07 Å². The van der Waals surface area contributed by atoms with Crippen LogP contribution in [0.25, 0.3) is 0 Å². The fourth-order valence-corrected chi connectivity index (χ4v) is 3.30. The highest BCUT2D eigenvalue weighted by atomic mass is 32.2. The van der Waals surface area contributed by atoms with E-state index < -0.39 is 0 Å². The molecule has 0 bridgehead atoms. The van der Waals surface area contributed by atoms with E-state index in [1.165, 1.54) is 24.8 Å². The van der Waals surface area contributed by atoms with Crippen LogP contribution < -0.4 is 10.6 Å². The summed E-state index contributed by atoms with van der Waals surface area (Å²) in [5, 5.41) is 5.48. The minimum atomic E-state index is -0.232. The molecule has 1 atom stereocenters. The summed E-state index contributed by atoms with van der Waals surface area (Å²) in [7, 11) is 0. The molecule has 6 heteroatoms. The Morgan fingerprint density at radius 1 is 1.45 bits per heavy atom. The molecular weight excluding hydrogens is 279 g/mol. The maximum Gasteiger partial charge on any atom is 0.222 e. The lowest BCUT2D eigenvalue weighted by Gasteiger charge is -2.26. The van der Waals surface area contributed by atoms with Gasteiger partial charge >= 0.3 is 0 Å². The molecule has 0 aromatic heterocycles. The predicted octanol–water partition coefficient (Wildman–Crippen LogP) is 2.00. The normalized spacial score (nSPS) is 17.2. The van der Waals surface area contributed by atoms with E-state index in [9.17, 15) is 14.0 Å². The van der Waals surface area contributed by atoms with Crippen LogP contribution in [-0.2, 0) is 9.59 Å². The van der Waals surface area contributed by atoms with E-state index in [4.69, 9.17) is 0 Å². The van der Waals surface area contributed by atoms with Gasteiger partial charge in [-0.05, 0) is 18.1 Å². The fraction of sp³-hybridized carbons (Fsp3) is 0.429. The monoisotopic (exact) mass is 296 g/mol. The molecule has 0 saturated carbocycles. The van der Waals surface area contributed by atoms with Crippen LogP contribution in [0.2, 0.25) is 0 Å². The van der Waals surface area contributed by atoms with Crippen LogP contribution in [0, 0.1) is 5.82 Å². The zero-order valence-electron chi connectivity index (χ0n) is 11.2. The maximum atomic E-state index is 13.7. The zero-order chi connectivity index (χ0) is 14.5. The maximum absolute atomic E-state index is 13.7. The lowest BCUT2D eigenvalue weighted by Crippen LogP contribution is -2.33. The summed E-state index contributed by atoms with van der Waals surface area (Å²) in [6.07, 6.45) is 1.01. The van der Waals surface area contributed by atoms with Gasteiger partial charge in [0.05, 0.1) is 6.04 Å². The standard InChI is InChI=1S/C14H17FN2O2S/c1-9(18)16-7-5-13(19)17-12-6-8-20-14-10(12)3-2-4-11(14)15/h2-4,12H,5-8H2,1H3,(H,16,18)(H,17,19). The third-order valence-electron chi connectivity index (χ3n) is 3.09. The van der Waals surface area contributed by atoms with Gasteiger partial charge in [-0.25, -0.2) is 4.39 Å². The number of benzene rings is 1. The van der Waals surface area contributed by atoms with Gasteiger partial charge in [-0.1, -0.05) is 12.1 Å². The number of halogens is 1. The van der Waals surface area contributed by atoms with Crippen molar-refractivity contribution in [3.63, 3.8) is 0 Å². The van der Waals surface area contributed by atoms with E-state index in [0.29, 0.717) is 11.4 Å². The largest absolute Gasteiger partial charge is 0.356 e. The number of amides is 2. The van der Waals surface area contributed by atoms with Crippen LogP contribution in [0.1, 0.15) is 31.4 Å². The molecule has 2 N–H and O–H groups in total. The Morgan fingerprint density at radius 3 is 3.00 bits per heavy atom. The quantitative estimate of drug-likeness (QED) is 0.893. The van der Waals surface area contributed by atoms with Crippen molar-refractivity contribution in [3.05, 3.63) is 29.6 Å². The van der Waals surface area contributed by atoms with Gasteiger partial charge in [0.25, 0.3) is 0 Å². The van der Waals surface area contributed by atoms with E-state index in [0.717, 1.165) is 17.7 Å². The molecule has 2 amide bonds. The molecule has 4 nitrogen and oxygen atoms in total. The van der Waals surface area contributed by atoms with Crippen LogP contribution in [0.4, 0.5) is 4.39 Å². The molecule has 0 spiro atoms. The van der Waals surface area contributed by atoms with Crippen LogP contribution >= 0.6 is 11.8 Å². The molecule has 1 aromatic rings. The molecule has 0 radical (unpaired) electrons. The first-order valence-corrected chi connectivity index (χ1v) is 7.51. The first kappa shape index (κ1) is 14.8. The second kappa shape index (κ2) is 6.74. The van der Waals surface area contributed by atoms with Gasteiger partial charge < -0.3 is 10.6 Å². The zero-order valence-corrected chi connectivity index (χ0v) is 12.1. The third-order valence-corrected chi connectivity index (χ3v) is 4.25. The predicted molar refractivity (Wildman–Crippen MR) is 75.9 cm³/mol. The number of hydrogen-bond acceptors (Lipinski definition) is 3. The summed E-state index contributed by atoms with van der Waals surface area (Å²) in [5.74, 6) is 0.264. The molecule has 0 fully saturated rings. The highest BCUT2D eigenvalue weighted by Crippen LogP contribution is 2.37. The number of carbonyl (C=O) groups excluding carboxylic acids is 2. The number of fused-ring (bicyclic) bond motifs is 1. The van der Waals surface area contributed by atoms with Crippen molar-refractivity contribution < 1.29 is 14.0 Å². The summed E-state index contributed by atoms with van der Waals surface area (Å²) in [4.78, 5) is 23.2. The topological polar surface area (TPSA) is 58.2 Å². The first-order valence-electron chi connectivity index (χ1n) is 6.53. The molecule has 1 heterocycles. The van der Waals surface area contributed by atoms with Gasteiger partial charge in [-0.2, -0.15) is 0 Å². The van der Waals surface area contributed by atoms with Gasteiger partial charge in [-0.15, -0.1) is 11.8 Å². The third kappa shape index (κ3) is 3.72. The lowest BCUT2D eigenvalue weighted by molar-refractivity contribution is -0.122. The fourth-order valence-electron chi connectivity index (χ4n) is 2.16. The number of carbonyl (C=O) groups is 2. The Hall–Kier alpha value is -1.56. The van der Waals surface area contributed by atoms with E-state index in [-0.39, 0.29) is 30.1 Å². The highest BCUT2D eigenvalue weighted by Gasteiger charge is 2.24. The minimum absolute atomic E-state index is 0.133. The molecule has 0 aliphatic carbocycles. The van der Waals surface area contributed by atoms with Crippen molar-refractivity contribution in [2.45, 2.75) is 30.7 Å². The van der Waals surface area contributed by atoms with Crippen molar-refractivity contribution in [3.8, 4) is 0 Å². The second-order valence-corrected chi connectivity index (χ2v) is 5.75. The molecule has 1 unspecified atom stereocenters. The summed E-state index contributed by atoms with van der Waals surface area (Å²) in [5.41, 5.74) is 0.842. The Kier molecular flexibility index (Phi) is 5.00. The van der Waals surface area contributed by atoms with E-state index in [1.807, 2.05) is 6.07 Å². The Labute approximate surface area is 121 Å². The molecule has 2 rings (SSSR count). The highest BCUT2D eigenvalue weighted by molar-refractivity contribution is 7.99. The van der Waals surface area contributed by atoms with Gasteiger partial charge in [0.15, 0.2) is 0 Å². The summed E-state index contributed by atoms with van der Waals surface area (Å²) < 4.78 is 13.7. The number of thioether (sulfide) groups is 1. The van der Waals surface area contributed by atoms with Crippen LogP contribution in [0.5, 0.6) is 0 Å². The van der Waals surface area contributed by atoms with Crippen molar-refractivity contribution in [2.75, 3.05) is 12.3 Å². The average molecular weight is 296 g/mol. The summed E-state index contributed by atoms with van der Waals surface area (Å²) in [6.45, 7) is 1.73. The van der Waals surface area contributed by atoms with Gasteiger partial charge in [-0.3, -0.25) is 9.59 Å². The van der Waals surface area contributed by atoms with Crippen molar-refractivity contribution in [1.29, 1.82) is 0 Å². The Bertz CT molecular complexity index is 522. The van der Waals surface area contributed by atoms with Crippen LogP contribution in [0.3, 0.4) is 0 Å². The van der Waals surface area contributed by atoms with Gasteiger partial charge in [0.1, 0.15) is 5.82 Å². The first-order chi connectivity index (χ1) is 9.58. The smallest absolute Gasteiger partial charge is 0.222 e. The molecule has 1 aromatic carbocycles. The lowest BCUT2D eigenvalue weighted by atomic mass is 10.0. The van der Waals surface area contributed by atoms with Crippen LogP contribution in [-0.4, -0.2) is 24.1 Å². The van der Waals surface area contributed by atoms with Gasteiger partial charge in [0, 0.05) is 30.5 Å². The Balaban J connectivity index is 1.96. The van der Waals surface area contributed by atoms with E-state index in [2.05, 4.69) is 10.6 Å². The number of nitrogens with one attached hydrogen (secondary N) is 2. The van der Waals surface area contributed by atoms with Crippen molar-refractivity contribution in [2.24, 2.45) is 0 Å². The summed E-state index contributed by atoms with van der Waals surface area (Å²) in [6, 6.07) is 4.80. The minimum Gasteiger partial charge on any atom is -0.356 e. The second-order valence-electron chi connectivity index (χ2n) is 4.65. The molecule has 20 heavy (non-hydrogen) atoms. The van der Waals surface area contributed by atoms with E-state index >= 15 is 0 Å². The molecule has 0 saturated heterocycles. The average Bonchev–Trinajstić information content (AvgIpc) is 2.39. The molecule has 1 aliphatic rings. The number of hydrogen-bond donors (Lipinski definition) is 2. The number of rotatable bonds is 4.